The first kappa shape index (κ1) is 25.2. The lowest BCUT2D eigenvalue weighted by Crippen LogP contribution is -2.46. The smallest absolute Gasteiger partial charge is 0.262 e. The number of carbonyl (C=O) groups excluding carboxylic acids is 2. The Labute approximate surface area is 194 Å². The lowest BCUT2D eigenvalue weighted by atomic mass is 10.0. The molecule has 0 heterocycles. The van der Waals surface area contributed by atoms with Gasteiger partial charge >= 0.3 is 0 Å². The van der Waals surface area contributed by atoms with Crippen molar-refractivity contribution in [3.05, 3.63) is 58.6 Å². The molecule has 2 N–H and O–H groups in total. The number of ether oxygens (including phenoxy) is 2. The number of rotatable bonds is 11. The van der Waals surface area contributed by atoms with Crippen molar-refractivity contribution in [1.29, 1.82) is 0 Å². The minimum atomic E-state index is -0.727. The second-order valence-electron chi connectivity index (χ2n) is 7.47. The Balaban J connectivity index is 2.06. The Morgan fingerprint density at radius 1 is 1.03 bits per heavy atom. The molecule has 0 bridgehead atoms. The second-order valence-corrected chi connectivity index (χ2v) is 7.91. The lowest BCUT2D eigenvalue weighted by molar-refractivity contribution is -0.123. The van der Waals surface area contributed by atoms with Gasteiger partial charge in [-0.05, 0) is 74.2 Å². The summed E-state index contributed by atoms with van der Waals surface area (Å²) in [7, 11) is 0. The van der Waals surface area contributed by atoms with E-state index in [2.05, 4.69) is 15.8 Å². The van der Waals surface area contributed by atoms with E-state index >= 15 is 0 Å². The molecule has 2 amide bonds. The van der Waals surface area contributed by atoms with E-state index in [-0.39, 0.29) is 11.8 Å². The Kier molecular flexibility index (Phi) is 10.0. The first-order valence-corrected chi connectivity index (χ1v) is 11.0. The lowest BCUT2D eigenvalue weighted by Gasteiger charge is -2.19. The maximum atomic E-state index is 12.7. The number of hydrogen-bond acceptors (Lipinski definition) is 5. The standard InChI is InChI=1S/C24H30ClN3O4/c1-5-31-21-12-7-17(14-22(21)32-6-2)15-26-28-24(30)20(13-16(3)4)27-23(29)18-8-10-19(25)11-9-18/h7-12,14-16,20H,5-6,13H2,1-4H3,(H,27,29)(H,28,30)/b26-15+. The third-order valence-electron chi connectivity index (χ3n) is 4.39. The molecule has 1 atom stereocenters. The summed E-state index contributed by atoms with van der Waals surface area (Å²) in [6.45, 7) is 8.79. The molecule has 0 aliphatic rings. The molecule has 7 nitrogen and oxygen atoms in total. The van der Waals surface area contributed by atoms with Crippen molar-refractivity contribution in [3.8, 4) is 11.5 Å². The highest BCUT2D eigenvalue weighted by atomic mass is 35.5. The van der Waals surface area contributed by atoms with Gasteiger partial charge < -0.3 is 14.8 Å². The van der Waals surface area contributed by atoms with Gasteiger partial charge in [-0.1, -0.05) is 25.4 Å². The molecule has 32 heavy (non-hydrogen) atoms. The molecule has 172 valence electrons. The highest BCUT2D eigenvalue weighted by Crippen LogP contribution is 2.28. The third kappa shape index (κ3) is 7.89. The first-order valence-electron chi connectivity index (χ1n) is 10.6. The number of hydrazone groups is 1. The summed E-state index contributed by atoms with van der Waals surface area (Å²) in [6, 6.07) is 11.2. The predicted molar refractivity (Wildman–Crippen MR) is 127 cm³/mol. The largest absolute Gasteiger partial charge is 0.490 e. The van der Waals surface area contributed by atoms with Crippen molar-refractivity contribution in [1.82, 2.24) is 10.7 Å². The van der Waals surface area contributed by atoms with Crippen molar-refractivity contribution in [2.24, 2.45) is 11.0 Å². The van der Waals surface area contributed by atoms with Gasteiger partial charge in [0.2, 0.25) is 0 Å². The zero-order valence-corrected chi connectivity index (χ0v) is 19.6. The molecule has 2 aromatic rings. The Bertz CT molecular complexity index is 929. The van der Waals surface area contributed by atoms with Gasteiger partial charge in [0.15, 0.2) is 11.5 Å². The van der Waals surface area contributed by atoms with E-state index in [1.54, 1.807) is 36.4 Å². The summed E-state index contributed by atoms with van der Waals surface area (Å²) in [4.78, 5) is 25.2. The molecule has 2 aromatic carbocycles. The maximum Gasteiger partial charge on any atom is 0.262 e. The van der Waals surface area contributed by atoms with Gasteiger partial charge in [0, 0.05) is 10.6 Å². The number of amides is 2. The van der Waals surface area contributed by atoms with E-state index in [1.165, 1.54) is 6.21 Å². The molecule has 0 radical (unpaired) electrons. The average molecular weight is 460 g/mol. The van der Waals surface area contributed by atoms with Gasteiger partial charge in [0.1, 0.15) is 6.04 Å². The second kappa shape index (κ2) is 12.7. The van der Waals surface area contributed by atoms with Crippen LogP contribution in [0.5, 0.6) is 11.5 Å². The van der Waals surface area contributed by atoms with E-state index in [0.717, 1.165) is 5.56 Å². The summed E-state index contributed by atoms with van der Waals surface area (Å²) in [5.74, 6) is 0.711. The Hall–Kier alpha value is -3.06. The number of carbonyl (C=O) groups is 2. The van der Waals surface area contributed by atoms with Gasteiger partial charge in [0.05, 0.1) is 19.4 Å². The maximum absolute atomic E-state index is 12.7. The molecule has 0 aliphatic heterocycles. The normalized spacial score (nSPS) is 11.9. The van der Waals surface area contributed by atoms with Crippen LogP contribution in [0.3, 0.4) is 0 Å². The van der Waals surface area contributed by atoms with Crippen molar-refractivity contribution in [3.63, 3.8) is 0 Å². The van der Waals surface area contributed by atoms with Crippen LogP contribution in [0.1, 0.15) is 50.0 Å². The molecule has 0 aliphatic carbocycles. The molecule has 1 unspecified atom stereocenters. The minimum absolute atomic E-state index is 0.195. The first-order chi connectivity index (χ1) is 15.3. The van der Waals surface area contributed by atoms with Crippen molar-refractivity contribution in [2.75, 3.05) is 13.2 Å². The third-order valence-corrected chi connectivity index (χ3v) is 4.64. The predicted octanol–water partition coefficient (Wildman–Crippen LogP) is 4.43. The van der Waals surface area contributed by atoms with Crippen LogP contribution in [0.4, 0.5) is 0 Å². The zero-order chi connectivity index (χ0) is 23.5. The van der Waals surface area contributed by atoms with Crippen LogP contribution in [0.15, 0.2) is 47.6 Å². The Morgan fingerprint density at radius 3 is 2.31 bits per heavy atom. The van der Waals surface area contributed by atoms with Gasteiger partial charge in [-0.25, -0.2) is 5.43 Å². The quantitative estimate of drug-likeness (QED) is 0.384. The monoisotopic (exact) mass is 459 g/mol. The van der Waals surface area contributed by atoms with Crippen LogP contribution in [0.2, 0.25) is 5.02 Å². The molecule has 0 saturated carbocycles. The Morgan fingerprint density at radius 2 is 1.69 bits per heavy atom. The fourth-order valence-corrected chi connectivity index (χ4v) is 3.07. The fourth-order valence-electron chi connectivity index (χ4n) is 2.94. The van der Waals surface area contributed by atoms with E-state index in [1.807, 2.05) is 33.8 Å². The fraction of sp³-hybridized carbons (Fsp3) is 0.375. The van der Waals surface area contributed by atoms with E-state index in [9.17, 15) is 9.59 Å². The highest BCUT2D eigenvalue weighted by molar-refractivity contribution is 6.30. The molecule has 2 rings (SSSR count). The van der Waals surface area contributed by atoms with Gasteiger partial charge in [-0.15, -0.1) is 0 Å². The molecular formula is C24H30ClN3O4. The van der Waals surface area contributed by atoms with E-state index in [0.29, 0.717) is 41.7 Å². The SMILES string of the molecule is CCOc1ccc(/C=N/NC(=O)C(CC(C)C)NC(=O)c2ccc(Cl)cc2)cc1OCC. The molecule has 0 fully saturated rings. The molecule has 0 spiro atoms. The van der Waals surface area contributed by atoms with Crippen LogP contribution < -0.4 is 20.2 Å². The number of hydrogen-bond donors (Lipinski definition) is 2. The van der Waals surface area contributed by atoms with E-state index in [4.69, 9.17) is 21.1 Å². The minimum Gasteiger partial charge on any atom is -0.490 e. The molecule has 0 aromatic heterocycles. The van der Waals surface area contributed by atoms with E-state index < -0.39 is 11.9 Å². The van der Waals surface area contributed by atoms with Crippen LogP contribution >= 0.6 is 11.6 Å². The summed E-state index contributed by atoms with van der Waals surface area (Å²) in [5, 5.41) is 7.36. The van der Waals surface area contributed by atoms with Crippen LogP contribution in [0, 0.1) is 5.92 Å². The number of nitrogens with one attached hydrogen (secondary N) is 2. The average Bonchev–Trinajstić information content (AvgIpc) is 2.75. The van der Waals surface area contributed by atoms with Crippen LogP contribution in [-0.2, 0) is 4.79 Å². The summed E-state index contributed by atoms with van der Waals surface area (Å²) < 4.78 is 11.2. The highest BCUT2D eigenvalue weighted by Gasteiger charge is 2.22. The van der Waals surface area contributed by atoms with Crippen LogP contribution in [0.25, 0.3) is 0 Å². The van der Waals surface area contributed by atoms with Gasteiger partial charge in [-0.3, -0.25) is 9.59 Å². The summed E-state index contributed by atoms with van der Waals surface area (Å²) >= 11 is 5.87. The topological polar surface area (TPSA) is 89.0 Å². The molecule has 0 saturated heterocycles. The van der Waals surface area contributed by atoms with Crippen molar-refractivity contribution >= 4 is 29.6 Å². The number of benzene rings is 2. The zero-order valence-electron chi connectivity index (χ0n) is 18.9. The number of halogens is 1. The van der Waals surface area contributed by atoms with Gasteiger partial charge in [-0.2, -0.15) is 5.10 Å². The van der Waals surface area contributed by atoms with Gasteiger partial charge in [0.25, 0.3) is 11.8 Å². The van der Waals surface area contributed by atoms with Crippen molar-refractivity contribution < 1.29 is 19.1 Å². The summed E-state index contributed by atoms with van der Waals surface area (Å²) in [5.41, 5.74) is 3.68. The molecule has 8 heteroatoms. The van der Waals surface area contributed by atoms with Crippen molar-refractivity contribution in [2.45, 2.75) is 40.2 Å². The van der Waals surface area contributed by atoms with Crippen LogP contribution in [-0.4, -0.2) is 37.3 Å². The summed E-state index contributed by atoms with van der Waals surface area (Å²) in [6.07, 6.45) is 1.99. The number of nitrogens with zero attached hydrogens (tertiary/aromatic N) is 1. The molecular weight excluding hydrogens is 430 g/mol.